The van der Waals surface area contributed by atoms with Crippen LogP contribution in [0.4, 0.5) is 0 Å². The number of rotatable bonds is 8. The van der Waals surface area contributed by atoms with Gasteiger partial charge in [-0.1, -0.05) is 24.3 Å². The minimum Gasteiger partial charge on any atom is -0.455 e. The molecule has 1 aliphatic rings. The van der Waals surface area contributed by atoms with Crippen molar-refractivity contribution in [2.75, 3.05) is 13.2 Å². The van der Waals surface area contributed by atoms with Crippen molar-refractivity contribution in [1.29, 1.82) is 0 Å². The second-order valence-electron chi connectivity index (χ2n) is 6.78. The average molecular weight is 381 g/mol. The van der Waals surface area contributed by atoms with Gasteiger partial charge in [-0.2, -0.15) is 0 Å². The van der Waals surface area contributed by atoms with Gasteiger partial charge in [-0.05, 0) is 42.5 Å². The fourth-order valence-electron chi connectivity index (χ4n) is 3.39. The van der Waals surface area contributed by atoms with Gasteiger partial charge >= 0.3 is 0 Å². The minimum atomic E-state index is 0.330. The number of hydrogen-bond acceptors (Lipinski definition) is 5. The molecule has 1 unspecified atom stereocenters. The highest BCUT2D eigenvalue weighted by molar-refractivity contribution is 7.09. The molecule has 1 fully saturated rings. The summed E-state index contributed by atoms with van der Waals surface area (Å²) in [6, 6.07) is 16.4. The molecule has 2 aromatic heterocycles. The Kier molecular flexibility index (Phi) is 6.14. The van der Waals surface area contributed by atoms with Gasteiger partial charge < -0.3 is 9.47 Å². The summed E-state index contributed by atoms with van der Waals surface area (Å²) in [5.74, 6) is 1.64. The highest BCUT2D eigenvalue weighted by atomic mass is 32.1. The van der Waals surface area contributed by atoms with Gasteiger partial charge in [0.05, 0.1) is 12.3 Å². The lowest BCUT2D eigenvalue weighted by Gasteiger charge is -2.25. The summed E-state index contributed by atoms with van der Waals surface area (Å²) >= 11 is 1.80. The summed E-state index contributed by atoms with van der Waals surface area (Å²) in [6.45, 7) is 3.59. The van der Waals surface area contributed by atoms with E-state index in [1.54, 1.807) is 23.7 Å². The molecular weight excluding hydrogens is 356 g/mol. The van der Waals surface area contributed by atoms with Crippen LogP contribution in [0, 0.1) is 0 Å². The van der Waals surface area contributed by atoms with E-state index < -0.39 is 0 Å². The lowest BCUT2D eigenvalue weighted by atomic mass is 10.1. The Labute approximate surface area is 164 Å². The molecular formula is C22H24N2O2S. The van der Waals surface area contributed by atoms with Crippen LogP contribution >= 0.6 is 11.3 Å². The summed E-state index contributed by atoms with van der Waals surface area (Å²) in [6.07, 6.45) is 6.14. The van der Waals surface area contributed by atoms with Crippen LogP contribution in [-0.2, 0) is 17.8 Å². The second-order valence-corrected chi connectivity index (χ2v) is 7.81. The van der Waals surface area contributed by atoms with Crippen molar-refractivity contribution in [3.8, 4) is 11.5 Å². The fourth-order valence-corrected chi connectivity index (χ4v) is 4.14. The fraction of sp³-hybridized carbons (Fsp3) is 0.318. The zero-order valence-corrected chi connectivity index (χ0v) is 16.1. The van der Waals surface area contributed by atoms with Crippen molar-refractivity contribution < 1.29 is 9.47 Å². The quantitative estimate of drug-likeness (QED) is 0.543. The van der Waals surface area contributed by atoms with Crippen molar-refractivity contribution >= 4 is 11.3 Å². The SMILES string of the molecule is c1cncc(Oc2ccccc2CN(Cc2cccs2)CC2CCCO2)c1. The first-order valence-corrected chi connectivity index (χ1v) is 10.3. The molecule has 0 spiro atoms. The molecule has 1 aromatic carbocycles. The molecule has 1 saturated heterocycles. The first kappa shape index (κ1) is 18.2. The van der Waals surface area contributed by atoms with Crippen LogP contribution in [0.3, 0.4) is 0 Å². The van der Waals surface area contributed by atoms with E-state index in [1.165, 1.54) is 10.4 Å². The van der Waals surface area contributed by atoms with Gasteiger partial charge in [0.1, 0.15) is 11.5 Å². The zero-order chi connectivity index (χ0) is 18.3. The van der Waals surface area contributed by atoms with Crippen molar-refractivity contribution in [1.82, 2.24) is 9.88 Å². The largest absolute Gasteiger partial charge is 0.455 e. The summed E-state index contributed by atoms with van der Waals surface area (Å²) in [7, 11) is 0. The Morgan fingerprint density at radius 2 is 2.07 bits per heavy atom. The number of pyridine rings is 1. The van der Waals surface area contributed by atoms with Crippen LogP contribution in [0.15, 0.2) is 66.3 Å². The van der Waals surface area contributed by atoms with Crippen molar-refractivity contribution in [3.05, 3.63) is 76.7 Å². The van der Waals surface area contributed by atoms with Gasteiger partial charge in [0.2, 0.25) is 0 Å². The van der Waals surface area contributed by atoms with Gasteiger partial charge in [0.25, 0.3) is 0 Å². The number of hydrogen-bond donors (Lipinski definition) is 0. The minimum absolute atomic E-state index is 0.330. The van der Waals surface area contributed by atoms with Crippen LogP contribution in [0.1, 0.15) is 23.3 Å². The van der Waals surface area contributed by atoms with E-state index >= 15 is 0 Å². The molecule has 0 saturated carbocycles. The molecule has 5 heteroatoms. The lowest BCUT2D eigenvalue weighted by Crippen LogP contribution is -2.31. The van der Waals surface area contributed by atoms with Gasteiger partial charge in [-0.15, -0.1) is 11.3 Å². The molecule has 140 valence electrons. The number of ether oxygens (including phenoxy) is 2. The van der Waals surface area contributed by atoms with E-state index in [4.69, 9.17) is 9.47 Å². The maximum absolute atomic E-state index is 6.10. The monoisotopic (exact) mass is 380 g/mol. The third-order valence-electron chi connectivity index (χ3n) is 4.67. The predicted molar refractivity (Wildman–Crippen MR) is 108 cm³/mol. The number of benzene rings is 1. The van der Waals surface area contributed by atoms with Gasteiger partial charge in [-0.25, -0.2) is 0 Å². The standard InChI is InChI=1S/C22H24N2O2S/c1-2-10-22(26-19-7-3-11-23-14-19)18(6-1)15-24(16-20-8-4-12-25-20)17-21-9-5-13-27-21/h1-3,5-7,9-11,13-14,20H,4,8,12,15-17H2. The van der Waals surface area contributed by atoms with Crippen LogP contribution in [0.25, 0.3) is 0 Å². The Morgan fingerprint density at radius 3 is 2.85 bits per heavy atom. The topological polar surface area (TPSA) is 34.6 Å². The molecule has 0 aliphatic carbocycles. The zero-order valence-electron chi connectivity index (χ0n) is 15.3. The third-order valence-corrected chi connectivity index (χ3v) is 5.54. The number of nitrogens with zero attached hydrogens (tertiary/aromatic N) is 2. The molecule has 3 heterocycles. The van der Waals surface area contributed by atoms with Crippen LogP contribution in [0.2, 0.25) is 0 Å². The van der Waals surface area contributed by atoms with E-state index in [2.05, 4.69) is 39.5 Å². The predicted octanol–water partition coefficient (Wildman–Crippen LogP) is 5.12. The molecule has 0 radical (unpaired) electrons. The van der Waals surface area contributed by atoms with E-state index in [-0.39, 0.29) is 0 Å². The molecule has 3 aromatic rings. The van der Waals surface area contributed by atoms with Crippen LogP contribution in [0.5, 0.6) is 11.5 Å². The first-order valence-electron chi connectivity index (χ1n) is 9.39. The molecule has 4 rings (SSSR count). The van der Waals surface area contributed by atoms with Gasteiger partial charge in [-0.3, -0.25) is 9.88 Å². The maximum atomic E-state index is 6.10. The Morgan fingerprint density at radius 1 is 1.11 bits per heavy atom. The first-order chi connectivity index (χ1) is 13.4. The Bertz CT molecular complexity index is 817. The Balaban J connectivity index is 1.51. The second kappa shape index (κ2) is 9.13. The summed E-state index contributed by atoms with van der Waals surface area (Å²) in [5, 5.41) is 2.14. The number of thiophene rings is 1. The number of para-hydroxylation sites is 1. The molecule has 0 N–H and O–H groups in total. The highest BCUT2D eigenvalue weighted by Gasteiger charge is 2.21. The van der Waals surface area contributed by atoms with Crippen molar-refractivity contribution in [2.24, 2.45) is 0 Å². The van der Waals surface area contributed by atoms with Crippen molar-refractivity contribution in [2.45, 2.75) is 32.0 Å². The highest BCUT2D eigenvalue weighted by Crippen LogP contribution is 2.27. The summed E-state index contributed by atoms with van der Waals surface area (Å²) in [4.78, 5) is 7.98. The smallest absolute Gasteiger partial charge is 0.145 e. The summed E-state index contributed by atoms with van der Waals surface area (Å²) < 4.78 is 12.0. The average Bonchev–Trinajstić information content (AvgIpc) is 3.38. The van der Waals surface area contributed by atoms with Gasteiger partial charge in [0.15, 0.2) is 0 Å². The number of aromatic nitrogens is 1. The Hall–Kier alpha value is -2.21. The molecule has 0 bridgehead atoms. The molecule has 27 heavy (non-hydrogen) atoms. The van der Waals surface area contributed by atoms with Crippen LogP contribution < -0.4 is 4.74 Å². The van der Waals surface area contributed by atoms with E-state index in [9.17, 15) is 0 Å². The van der Waals surface area contributed by atoms with Gasteiger partial charge in [0, 0.05) is 42.9 Å². The summed E-state index contributed by atoms with van der Waals surface area (Å²) in [5.41, 5.74) is 1.18. The molecule has 4 nitrogen and oxygen atoms in total. The third kappa shape index (κ3) is 5.16. The normalized spacial score (nSPS) is 16.7. The lowest BCUT2D eigenvalue weighted by molar-refractivity contribution is 0.0680. The van der Waals surface area contributed by atoms with Crippen LogP contribution in [-0.4, -0.2) is 29.1 Å². The van der Waals surface area contributed by atoms with E-state index in [1.807, 2.05) is 24.3 Å². The van der Waals surface area contributed by atoms with E-state index in [0.717, 1.165) is 50.6 Å². The van der Waals surface area contributed by atoms with E-state index in [0.29, 0.717) is 6.10 Å². The molecule has 1 aliphatic heterocycles. The van der Waals surface area contributed by atoms with Crippen molar-refractivity contribution in [3.63, 3.8) is 0 Å². The molecule has 1 atom stereocenters. The molecule has 0 amide bonds. The maximum Gasteiger partial charge on any atom is 0.145 e.